The van der Waals surface area contributed by atoms with E-state index in [1.807, 2.05) is 55.4 Å². The molecule has 7 unspecified atom stereocenters. The Hall–Kier alpha value is -4.04. The number of ether oxygens (including phenoxy) is 8. The molecule has 0 aromatic rings. The first kappa shape index (κ1) is 58.1. The Bertz CT molecular complexity index is 2280. The van der Waals surface area contributed by atoms with Crippen LogP contribution in [0.5, 0.6) is 0 Å². The Morgan fingerprint density at radius 2 is 0.855 bits per heavy atom. The zero-order valence-electron chi connectivity index (χ0n) is 48.1. The van der Waals surface area contributed by atoms with Gasteiger partial charge in [-0.3, -0.25) is 4.79 Å². The highest BCUT2D eigenvalue weighted by atomic mass is 16.6. The second-order valence-electron chi connectivity index (χ2n) is 28.8. The van der Waals surface area contributed by atoms with Crippen LogP contribution in [-0.4, -0.2) is 93.3 Å². The van der Waals surface area contributed by atoms with Crippen molar-refractivity contribution in [3.05, 3.63) is 36.5 Å². The minimum atomic E-state index is -0.595. The molecule has 12 bridgehead atoms. The van der Waals surface area contributed by atoms with E-state index in [0.29, 0.717) is 71.5 Å². The molecule has 0 aromatic heterocycles. The van der Waals surface area contributed by atoms with E-state index in [-0.39, 0.29) is 59.2 Å². The first-order valence-electron chi connectivity index (χ1n) is 28.8. The third-order valence-corrected chi connectivity index (χ3v) is 18.4. The van der Waals surface area contributed by atoms with Gasteiger partial charge in [-0.05, 0) is 234 Å². The molecule has 0 aliphatic heterocycles. The summed E-state index contributed by atoms with van der Waals surface area (Å²) in [6.45, 7) is 31.2. The average Bonchev–Trinajstić information content (AvgIpc) is 3.68. The molecule has 0 radical (unpaired) electrons. The monoisotopic (exact) mass is 1060 g/mol. The zero-order valence-corrected chi connectivity index (χ0v) is 48.1. The second kappa shape index (κ2) is 20.9. The summed E-state index contributed by atoms with van der Waals surface area (Å²) in [6, 6.07) is 0. The molecule has 76 heavy (non-hydrogen) atoms. The third-order valence-electron chi connectivity index (χ3n) is 18.4. The van der Waals surface area contributed by atoms with Gasteiger partial charge in [-0.25, -0.2) is 24.0 Å². The summed E-state index contributed by atoms with van der Waals surface area (Å²) in [5.41, 5.74) is -2.65. The van der Waals surface area contributed by atoms with Gasteiger partial charge in [0.15, 0.2) is 6.10 Å². The van der Waals surface area contributed by atoms with E-state index in [9.17, 15) is 28.8 Å². The maximum Gasteiger partial charge on any atom is 0.335 e. The van der Waals surface area contributed by atoms with Crippen LogP contribution in [0, 0.1) is 40.9 Å². The van der Waals surface area contributed by atoms with E-state index in [2.05, 4.69) is 19.7 Å². The van der Waals surface area contributed by atoms with E-state index in [4.69, 9.17) is 37.9 Å². The van der Waals surface area contributed by atoms with Crippen molar-refractivity contribution < 1.29 is 66.7 Å². The Labute approximate surface area is 453 Å². The SMILES string of the molecule is C=C(C)C(=O)OC12CC3CC(C1)CC(C(=O)OC(C)(C)C)(C3)C2.C=C(C)C(=O)OC12CC3CC(C1)CC(OC(C)C(=O)OC1(C)CCCC1)(C3)C2.C=C(C)C(=O)OC12CC3CC(CC(OCC(=O)OC(C)(C)C)(C3)C1)C2. The Morgan fingerprint density at radius 1 is 0.500 bits per heavy atom. The fourth-order valence-electron chi connectivity index (χ4n) is 17.1. The topological polar surface area (TPSA) is 176 Å². The fraction of sp³-hybridized carbons (Fsp3) is 0.806. The molecule has 14 nitrogen and oxygen atoms in total. The fourth-order valence-corrected chi connectivity index (χ4v) is 17.1. The lowest BCUT2D eigenvalue weighted by Gasteiger charge is -2.61. The van der Waals surface area contributed by atoms with Gasteiger partial charge in [0, 0.05) is 36.0 Å². The van der Waals surface area contributed by atoms with Crippen LogP contribution in [0.3, 0.4) is 0 Å². The molecule has 13 aliphatic rings. The summed E-state index contributed by atoms with van der Waals surface area (Å²) >= 11 is 0. The van der Waals surface area contributed by atoms with Crippen molar-refractivity contribution in [2.75, 3.05) is 6.61 Å². The Balaban J connectivity index is 0.000000152. The molecule has 0 saturated heterocycles. The number of hydrogen-bond acceptors (Lipinski definition) is 14. The first-order chi connectivity index (χ1) is 35.1. The van der Waals surface area contributed by atoms with E-state index < -0.39 is 39.5 Å². The molecule has 13 fully saturated rings. The van der Waals surface area contributed by atoms with Crippen molar-refractivity contribution in [1.82, 2.24) is 0 Å². The summed E-state index contributed by atoms with van der Waals surface area (Å²) in [6.07, 6.45) is 19.9. The van der Waals surface area contributed by atoms with Crippen molar-refractivity contribution in [3.63, 3.8) is 0 Å². The summed E-state index contributed by atoms with van der Waals surface area (Å²) in [5.74, 6) is 1.26. The lowest BCUT2D eigenvalue weighted by molar-refractivity contribution is -0.246. The van der Waals surface area contributed by atoms with Crippen molar-refractivity contribution in [3.8, 4) is 0 Å². The van der Waals surface area contributed by atoms with E-state index in [1.54, 1.807) is 20.8 Å². The van der Waals surface area contributed by atoms with Gasteiger partial charge in [-0.1, -0.05) is 19.7 Å². The maximum absolute atomic E-state index is 12.9. The van der Waals surface area contributed by atoms with Crippen LogP contribution in [0.25, 0.3) is 0 Å². The molecule has 7 atom stereocenters. The highest BCUT2D eigenvalue weighted by Gasteiger charge is 2.65. The van der Waals surface area contributed by atoms with Crippen molar-refractivity contribution in [1.29, 1.82) is 0 Å². The van der Waals surface area contributed by atoms with E-state index in [1.165, 1.54) is 12.8 Å². The molecule has 13 saturated carbocycles. The van der Waals surface area contributed by atoms with Gasteiger partial charge in [0.05, 0.1) is 16.6 Å². The number of carbonyl (C=O) groups is 6. The van der Waals surface area contributed by atoms with Crippen LogP contribution in [0.2, 0.25) is 0 Å². The Morgan fingerprint density at radius 3 is 1.25 bits per heavy atom. The van der Waals surface area contributed by atoms with Crippen LogP contribution in [-0.2, 0) is 66.7 Å². The van der Waals surface area contributed by atoms with Crippen LogP contribution in [0.1, 0.15) is 217 Å². The van der Waals surface area contributed by atoms with Crippen LogP contribution in [0.15, 0.2) is 36.5 Å². The largest absolute Gasteiger partial charge is 0.460 e. The van der Waals surface area contributed by atoms with E-state index in [0.717, 1.165) is 109 Å². The normalized spacial score (nSPS) is 37.8. The molecule has 13 rings (SSSR count). The maximum atomic E-state index is 12.9. The molecule has 0 spiro atoms. The molecule has 0 heterocycles. The first-order valence-corrected chi connectivity index (χ1v) is 28.8. The van der Waals surface area contributed by atoms with Crippen molar-refractivity contribution in [2.24, 2.45) is 40.9 Å². The number of hydrogen-bond donors (Lipinski definition) is 0. The van der Waals surface area contributed by atoms with E-state index >= 15 is 0 Å². The smallest absolute Gasteiger partial charge is 0.335 e. The quantitative estimate of drug-likeness (QED) is 0.0912. The van der Waals surface area contributed by atoms with Crippen LogP contribution in [0.4, 0.5) is 0 Å². The van der Waals surface area contributed by atoms with Crippen LogP contribution >= 0.6 is 0 Å². The third kappa shape index (κ3) is 13.3. The van der Waals surface area contributed by atoms with Gasteiger partial charge in [0.1, 0.15) is 40.2 Å². The van der Waals surface area contributed by atoms with Crippen LogP contribution < -0.4 is 0 Å². The molecule has 0 amide bonds. The Kier molecular flexibility index (Phi) is 16.0. The minimum Gasteiger partial charge on any atom is -0.460 e. The van der Waals surface area contributed by atoms with Gasteiger partial charge >= 0.3 is 35.8 Å². The van der Waals surface area contributed by atoms with Gasteiger partial charge in [-0.15, -0.1) is 0 Å². The van der Waals surface area contributed by atoms with Gasteiger partial charge in [0.2, 0.25) is 0 Å². The lowest BCUT2D eigenvalue weighted by Crippen LogP contribution is -2.62. The number of esters is 6. The van der Waals surface area contributed by atoms with Gasteiger partial charge in [0.25, 0.3) is 0 Å². The number of rotatable bonds is 14. The molecule has 14 heteroatoms. The molecular formula is C62H92O14. The minimum absolute atomic E-state index is 0.0405. The summed E-state index contributed by atoms with van der Waals surface area (Å²) in [7, 11) is 0. The highest BCUT2D eigenvalue weighted by molar-refractivity contribution is 5.88. The summed E-state index contributed by atoms with van der Waals surface area (Å²) in [4.78, 5) is 74.1. The molecule has 13 aliphatic carbocycles. The predicted octanol–water partition coefficient (Wildman–Crippen LogP) is 11.8. The van der Waals surface area contributed by atoms with Crippen molar-refractivity contribution in [2.45, 2.75) is 268 Å². The standard InChI is InChI=1S/C23H34O5.C20H30O5.C19H28O4/c1-15(2)19(24)28-23-12-17-9-18(13-23)11-22(10-17,14-23)26-16(3)20(25)27-21(4)7-5-6-8-21;1-13(2)17(22)25-20-9-14-6-15(10-20)8-19(7-14,12-20)23-11-16(21)24-18(3,4)5;1-12(2)15(20)22-19-9-13-6-14(10-19)8-18(7-13,11-19)16(21)23-17(3,4)5/h16-18H,1,5-14H2,2-4H3;14-15H,1,6-12H2,2-5H3;13-14H,1,6-11H2,2-5H3. The average molecular weight is 1060 g/mol. The molecule has 424 valence electrons. The van der Waals surface area contributed by atoms with Crippen molar-refractivity contribution >= 4 is 35.8 Å². The zero-order chi connectivity index (χ0) is 55.7. The lowest BCUT2D eigenvalue weighted by atomic mass is 9.48. The molecule has 0 N–H and O–H groups in total. The highest BCUT2D eigenvalue weighted by Crippen LogP contribution is 2.65. The molecular weight excluding hydrogens is 969 g/mol. The van der Waals surface area contributed by atoms with Gasteiger partial charge < -0.3 is 37.9 Å². The number of carbonyl (C=O) groups excluding carboxylic acids is 6. The predicted molar refractivity (Wildman–Crippen MR) is 284 cm³/mol. The summed E-state index contributed by atoms with van der Waals surface area (Å²) < 4.78 is 47.2. The second-order valence-corrected chi connectivity index (χ2v) is 28.8. The van der Waals surface area contributed by atoms with Gasteiger partial charge in [-0.2, -0.15) is 0 Å². The molecule has 0 aromatic carbocycles. The summed E-state index contributed by atoms with van der Waals surface area (Å²) in [5, 5.41) is 0.